The summed E-state index contributed by atoms with van der Waals surface area (Å²) >= 11 is 0. The lowest BCUT2D eigenvalue weighted by molar-refractivity contribution is -0.137. The van der Waals surface area contributed by atoms with E-state index >= 15 is 0 Å². The Labute approximate surface area is 108 Å². The van der Waals surface area contributed by atoms with Crippen molar-refractivity contribution in [1.29, 1.82) is 0 Å². The van der Waals surface area contributed by atoms with Gasteiger partial charge in [-0.1, -0.05) is 6.07 Å². The van der Waals surface area contributed by atoms with E-state index in [0.29, 0.717) is 6.54 Å². The Hall–Kier alpha value is -2.57. The van der Waals surface area contributed by atoms with Crippen LogP contribution in [0, 0.1) is 0 Å². The van der Waals surface area contributed by atoms with Gasteiger partial charge in [0.1, 0.15) is 6.54 Å². The third-order valence-electron chi connectivity index (χ3n) is 3.16. The molecule has 98 valence electrons. The molecule has 1 unspecified atom stereocenters. The minimum atomic E-state index is -1.01. The minimum absolute atomic E-state index is 0.195. The van der Waals surface area contributed by atoms with E-state index < -0.39 is 5.97 Å². The molecule has 0 aliphatic carbocycles. The molecule has 1 aromatic heterocycles. The van der Waals surface area contributed by atoms with E-state index in [0.717, 1.165) is 16.6 Å². The average Bonchev–Trinajstić information content (AvgIpc) is 2.95. The monoisotopic (exact) mass is 260 g/mol. The number of nitrogens with zero attached hydrogens (tertiary/aromatic N) is 2. The van der Waals surface area contributed by atoms with Gasteiger partial charge in [-0.05, 0) is 17.7 Å². The van der Waals surface area contributed by atoms with Gasteiger partial charge >= 0.3 is 12.0 Å². The van der Waals surface area contributed by atoms with Crippen LogP contribution in [0.4, 0.5) is 4.79 Å². The van der Waals surface area contributed by atoms with Crippen LogP contribution in [-0.4, -0.2) is 45.1 Å². The first kappa shape index (κ1) is 11.5. The Balaban J connectivity index is 1.83. The van der Waals surface area contributed by atoms with Gasteiger partial charge in [0.2, 0.25) is 0 Å². The number of hydrogen-bond donors (Lipinski definition) is 3. The molecule has 3 rings (SSSR count). The highest BCUT2D eigenvalue weighted by molar-refractivity contribution is 5.82. The second kappa shape index (κ2) is 4.27. The number of amides is 2. The van der Waals surface area contributed by atoms with E-state index in [1.807, 2.05) is 18.2 Å². The zero-order valence-electron chi connectivity index (χ0n) is 9.96. The standard InChI is InChI=1S/C12H12N4O3/c17-11(18)5-16-4-10(15-12(16)19)7-1-2-8-9(3-7)14-6-13-8/h1-3,6,10H,4-5H2,(H,13,14)(H,15,19)(H,17,18). The van der Waals surface area contributed by atoms with Crippen LogP contribution in [0.15, 0.2) is 24.5 Å². The topological polar surface area (TPSA) is 98.3 Å². The number of H-pyrrole nitrogens is 1. The summed E-state index contributed by atoms with van der Waals surface area (Å²) in [6.45, 7) is 0.0689. The van der Waals surface area contributed by atoms with Crippen molar-refractivity contribution in [2.24, 2.45) is 0 Å². The maximum absolute atomic E-state index is 11.6. The molecular weight excluding hydrogens is 248 g/mol. The number of carboxylic acid groups (broad SMARTS) is 1. The molecule has 2 amide bonds. The minimum Gasteiger partial charge on any atom is -0.480 e. The number of aromatic nitrogens is 2. The SMILES string of the molecule is O=C(O)CN1CC(c2ccc3nc[nH]c3c2)NC1=O. The van der Waals surface area contributed by atoms with Crippen LogP contribution in [-0.2, 0) is 4.79 Å². The smallest absolute Gasteiger partial charge is 0.323 e. The van der Waals surface area contributed by atoms with Crippen LogP contribution in [0.1, 0.15) is 11.6 Å². The van der Waals surface area contributed by atoms with Crippen molar-refractivity contribution in [3.63, 3.8) is 0 Å². The summed E-state index contributed by atoms with van der Waals surface area (Å²) in [7, 11) is 0. The Morgan fingerprint density at radius 1 is 1.53 bits per heavy atom. The summed E-state index contributed by atoms with van der Waals surface area (Å²) in [6, 6.07) is 5.12. The molecule has 7 nitrogen and oxygen atoms in total. The average molecular weight is 260 g/mol. The molecule has 2 aromatic rings. The maximum Gasteiger partial charge on any atom is 0.323 e. The second-order valence-electron chi connectivity index (χ2n) is 4.46. The number of aromatic amines is 1. The highest BCUT2D eigenvalue weighted by Crippen LogP contribution is 2.22. The molecule has 0 saturated carbocycles. The van der Waals surface area contributed by atoms with Crippen LogP contribution in [0.2, 0.25) is 0 Å². The first-order valence-corrected chi connectivity index (χ1v) is 5.84. The molecule has 0 radical (unpaired) electrons. The fourth-order valence-corrected chi connectivity index (χ4v) is 2.25. The predicted molar refractivity (Wildman–Crippen MR) is 66.6 cm³/mol. The first-order valence-electron chi connectivity index (χ1n) is 5.84. The van der Waals surface area contributed by atoms with Crippen molar-refractivity contribution in [3.8, 4) is 0 Å². The highest BCUT2D eigenvalue weighted by Gasteiger charge is 2.30. The fourth-order valence-electron chi connectivity index (χ4n) is 2.25. The van der Waals surface area contributed by atoms with E-state index in [-0.39, 0.29) is 18.6 Å². The number of urea groups is 1. The molecule has 3 N–H and O–H groups in total. The van der Waals surface area contributed by atoms with Crippen molar-refractivity contribution in [2.75, 3.05) is 13.1 Å². The normalized spacial score (nSPS) is 18.8. The number of imidazole rings is 1. The van der Waals surface area contributed by atoms with Crippen molar-refractivity contribution in [1.82, 2.24) is 20.2 Å². The molecule has 1 aliphatic heterocycles. The number of fused-ring (bicyclic) bond motifs is 1. The van der Waals surface area contributed by atoms with Crippen LogP contribution in [0.25, 0.3) is 11.0 Å². The zero-order chi connectivity index (χ0) is 13.4. The summed E-state index contributed by atoms with van der Waals surface area (Å²) in [4.78, 5) is 30.7. The molecule has 1 aliphatic rings. The molecule has 19 heavy (non-hydrogen) atoms. The largest absolute Gasteiger partial charge is 0.480 e. The van der Waals surface area contributed by atoms with Gasteiger partial charge in [-0.3, -0.25) is 4.79 Å². The predicted octanol–water partition coefficient (Wildman–Crippen LogP) is 0.714. The molecule has 2 heterocycles. The lowest BCUT2D eigenvalue weighted by Gasteiger charge is -2.11. The van der Waals surface area contributed by atoms with Gasteiger partial charge in [0, 0.05) is 6.54 Å². The van der Waals surface area contributed by atoms with Gasteiger partial charge in [0.25, 0.3) is 0 Å². The molecule has 0 bridgehead atoms. The van der Waals surface area contributed by atoms with Gasteiger partial charge in [-0.15, -0.1) is 0 Å². The number of benzene rings is 1. The summed E-state index contributed by atoms with van der Waals surface area (Å²) in [5.41, 5.74) is 2.68. The molecule has 1 atom stereocenters. The maximum atomic E-state index is 11.6. The van der Waals surface area contributed by atoms with Crippen molar-refractivity contribution >= 4 is 23.0 Å². The van der Waals surface area contributed by atoms with E-state index in [1.165, 1.54) is 4.90 Å². The lowest BCUT2D eigenvalue weighted by atomic mass is 10.1. The molecule has 7 heteroatoms. The van der Waals surface area contributed by atoms with E-state index in [1.54, 1.807) is 6.33 Å². The van der Waals surface area contributed by atoms with Crippen molar-refractivity contribution in [2.45, 2.75) is 6.04 Å². The number of rotatable bonds is 3. The van der Waals surface area contributed by atoms with Gasteiger partial charge in [-0.25, -0.2) is 9.78 Å². The zero-order valence-corrected chi connectivity index (χ0v) is 9.96. The molecule has 1 saturated heterocycles. The highest BCUT2D eigenvalue weighted by atomic mass is 16.4. The van der Waals surface area contributed by atoms with Crippen LogP contribution >= 0.6 is 0 Å². The van der Waals surface area contributed by atoms with Gasteiger partial charge in [-0.2, -0.15) is 0 Å². The molecule has 1 aromatic carbocycles. The second-order valence-corrected chi connectivity index (χ2v) is 4.46. The Kier molecular flexibility index (Phi) is 2.59. The molecule has 1 fully saturated rings. The number of carboxylic acids is 1. The van der Waals surface area contributed by atoms with Crippen molar-refractivity contribution in [3.05, 3.63) is 30.1 Å². The molecular formula is C12H12N4O3. The molecule has 0 spiro atoms. The van der Waals surface area contributed by atoms with Crippen molar-refractivity contribution < 1.29 is 14.7 Å². The summed E-state index contributed by atoms with van der Waals surface area (Å²) < 4.78 is 0. The number of aliphatic carboxylic acids is 1. The van der Waals surface area contributed by atoms with E-state index in [4.69, 9.17) is 5.11 Å². The number of carbonyl (C=O) groups is 2. The quantitative estimate of drug-likeness (QED) is 0.757. The first-order chi connectivity index (χ1) is 9.13. The fraction of sp³-hybridized carbons (Fsp3) is 0.250. The van der Waals surface area contributed by atoms with Crippen LogP contribution in [0.5, 0.6) is 0 Å². The summed E-state index contributed by atoms with van der Waals surface area (Å²) in [5, 5.41) is 11.5. The van der Waals surface area contributed by atoms with Crippen LogP contribution < -0.4 is 5.32 Å². The van der Waals surface area contributed by atoms with Crippen LogP contribution in [0.3, 0.4) is 0 Å². The summed E-state index contributed by atoms with van der Waals surface area (Å²) in [5.74, 6) is -1.01. The van der Waals surface area contributed by atoms with Gasteiger partial charge in [0.05, 0.1) is 23.4 Å². The lowest BCUT2D eigenvalue weighted by Crippen LogP contribution is -2.32. The third-order valence-corrected chi connectivity index (χ3v) is 3.16. The van der Waals surface area contributed by atoms with E-state index in [9.17, 15) is 9.59 Å². The number of carbonyl (C=O) groups excluding carboxylic acids is 1. The Morgan fingerprint density at radius 2 is 2.37 bits per heavy atom. The number of hydrogen-bond acceptors (Lipinski definition) is 3. The van der Waals surface area contributed by atoms with Gasteiger partial charge in [0.15, 0.2) is 0 Å². The number of nitrogens with one attached hydrogen (secondary N) is 2. The Morgan fingerprint density at radius 3 is 3.16 bits per heavy atom. The third kappa shape index (κ3) is 2.10. The van der Waals surface area contributed by atoms with E-state index in [2.05, 4.69) is 15.3 Å². The van der Waals surface area contributed by atoms with Gasteiger partial charge < -0.3 is 20.3 Å². The Bertz CT molecular complexity index is 651. The summed E-state index contributed by atoms with van der Waals surface area (Å²) in [6.07, 6.45) is 1.61.